The van der Waals surface area contributed by atoms with Gasteiger partial charge in [0.1, 0.15) is 24.1 Å². The van der Waals surface area contributed by atoms with Crippen LogP contribution >= 0.6 is 16.3 Å². The molecule has 1 saturated heterocycles. The standard InChI is InChI=1S/C9H12BrN3O5/c10-17-3-4-6(14)7(15)8(18-4)13-2-1-5(11)12-9(13)16/h1-2,4,6-8,14-15H,3H2,(H2,11,12,16)/t4-,6?,7?,8-/m1/s1. The first-order valence-electron chi connectivity index (χ1n) is 5.14. The summed E-state index contributed by atoms with van der Waals surface area (Å²) in [4.78, 5) is 15.1. The molecule has 2 rings (SSSR count). The number of nitrogens with two attached hydrogens (primary N) is 1. The number of nitrogens with zero attached hydrogens (tertiary/aromatic N) is 2. The van der Waals surface area contributed by atoms with E-state index in [1.54, 1.807) is 0 Å². The number of anilines is 1. The van der Waals surface area contributed by atoms with Crippen molar-refractivity contribution < 1.29 is 18.8 Å². The predicted octanol–water partition coefficient (Wildman–Crippen LogP) is -1.23. The minimum Gasteiger partial charge on any atom is -0.387 e. The van der Waals surface area contributed by atoms with Crippen LogP contribution in [-0.2, 0) is 8.57 Å². The minimum absolute atomic E-state index is 0.0336. The van der Waals surface area contributed by atoms with Crippen molar-refractivity contribution in [1.29, 1.82) is 0 Å². The zero-order chi connectivity index (χ0) is 13.3. The fraction of sp³-hybridized carbons (Fsp3) is 0.556. The minimum atomic E-state index is -1.25. The van der Waals surface area contributed by atoms with Gasteiger partial charge >= 0.3 is 5.69 Å². The maximum Gasteiger partial charge on any atom is 0.351 e. The molecule has 2 heterocycles. The molecule has 0 amide bonds. The topological polar surface area (TPSA) is 120 Å². The molecule has 0 bridgehead atoms. The van der Waals surface area contributed by atoms with Crippen LogP contribution < -0.4 is 11.4 Å². The van der Waals surface area contributed by atoms with Crippen molar-refractivity contribution >= 4 is 22.1 Å². The molecule has 0 saturated carbocycles. The average molecular weight is 322 g/mol. The summed E-state index contributed by atoms with van der Waals surface area (Å²) in [5.74, 6) is 0.0737. The highest BCUT2D eigenvalue weighted by molar-refractivity contribution is 9.06. The normalized spacial score (nSPS) is 31.7. The Labute approximate surface area is 110 Å². The first kappa shape index (κ1) is 13.4. The van der Waals surface area contributed by atoms with Gasteiger partial charge in [-0.15, -0.1) is 0 Å². The highest BCUT2D eigenvalue weighted by Gasteiger charge is 2.44. The lowest BCUT2D eigenvalue weighted by molar-refractivity contribution is -0.0487. The van der Waals surface area contributed by atoms with Crippen molar-refractivity contribution in [2.24, 2.45) is 0 Å². The van der Waals surface area contributed by atoms with Gasteiger partial charge in [-0.1, -0.05) is 0 Å². The van der Waals surface area contributed by atoms with Crippen molar-refractivity contribution in [2.45, 2.75) is 24.5 Å². The Morgan fingerprint density at radius 3 is 2.89 bits per heavy atom. The van der Waals surface area contributed by atoms with Crippen molar-refractivity contribution in [2.75, 3.05) is 12.3 Å². The second kappa shape index (κ2) is 5.33. The van der Waals surface area contributed by atoms with E-state index < -0.39 is 30.2 Å². The Morgan fingerprint density at radius 2 is 2.28 bits per heavy atom. The Bertz CT molecular complexity index is 482. The Balaban J connectivity index is 2.26. The van der Waals surface area contributed by atoms with Gasteiger partial charge in [-0.25, -0.2) is 4.79 Å². The van der Waals surface area contributed by atoms with Crippen LogP contribution in [0.15, 0.2) is 17.1 Å². The maximum atomic E-state index is 11.6. The maximum absolute atomic E-state index is 11.6. The lowest BCUT2D eigenvalue weighted by Crippen LogP contribution is -2.36. The summed E-state index contributed by atoms with van der Waals surface area (Å²) < 4.78 is 11.1. The third kappa shape index (κ3) is 2.40. The van der Waals surface area contributed by atoms with Gasteiger partial charge in [0, 0.05) is 6.20 Å². The monoisotopic (exact) mass is 321 g/mol. The van der Waals surface area contributed by atoms with Gasteiger partial charge < -0.3 is 24.5 Å². The van der Waals surface area contributed by atoms with Crippen LogP contribution in [0.4, 0.5) is 5.82 Å². The summed E-state index contributed by atoms with van der Waals surface area (Å²) in [5, 5.41) is 19.6. The summed E-state index contributed by atoms with van der Waals surface area (Å²) in [6, 6.07) is 1.40. The lowest BCUT2D eigenvalue weighted by atomic mass is 10.1. The smallest absolute Gasteiger partial charge is 0.351 e. The van der Waals surface area contributed by atoms with Gasteiger partial charge in [0.25, 0.3) is 0 Å². The third-order valence-corrected chi connectivity index (χ3v) is 2.95. The fourth-order valence-corrected chi connectivity index (χ4v) is 2.04. The number of nitrogen functional groups attached to an aromatic ring is 1. The van der Waals surface area contributed by atoms with Crippen LogP contribution in [0.2, 0.25) is 0 Å². The number of aliphatic hydroxyl groups excluding tert-OH is 2. The molecule has 0 aromatic carbocycles. The van der Waals surface area contributed by atoms with E-state index in [2.05, 4.69) is 25.1 Å². The highest BCUT2D eigenvalue weighted by atomic mass is 79.9. The van der Waals surface area contributed by atoms with E-state index in [9.17, 15) is 15.0 Å². The second-order valence-electron chi connectivity index (χ2n) is 3.86. The van der Waals surface area contributed by atoms with Crippen LogP contribution in [0.3, 0.4) is 0 Å². The third-order valence-electron chi connectivity index (χ3n) is 2.69. The van der Waals surface area contributed by atoms with Gasteiger partial charge in [-0.3, -0.25) is 4.57 Å². The number of ether oxygens (including phenoxy) is 1. The van der Waals surface area contributed by atoms with Crippen LogP contribution in [0, 0.1) is 0 Å². The average Bonchev–Trinajstić information content (AvgIpc) is 2.58. The molecule has 1 aliphatic heterocycles. The molecule has 2 unspecified atom stereocenters. The summed E-state index contributed by atoms with van der Waals surface area (Å²) in [6.07, 6.45) is -2.82. The van der Waals surface area contributed by atoms with Gasteiger partial charge in [-0.2, -0.15) is 4.98 Å². The molecule has 0 aliphatic carbocycles. The molecule has 9 heteroatoms. The molecule has 18 heavy (non-hydrogen) atoms. The van der Waals surface area contributed by atoms with Gasteiger partial charge in [0.15, 0.2) is 6.23 Å². The molecule has 1 aromatic heterocycles. The van der Waals surface area contributed by atoms with E-state index >= 15 is 0 Å². The molecule has 4 N–H and O–H groups in total. The zero-order valence-corrected chi connectivity index (χ0v) is 10.7. The summed E-state index contributed by atoms with van der Waals surface area (Å²) in [5.41, 5.74) is 4.70. The lowest BCUT2D eigenvalue weighted by Gasteiger charge is -2.16. The Hall–Kier alpha value is -1.00. The molecule has 1 aromatic rings. The van der Waals surface area contributed by atoms with E-state index in [4.69, 9.17) is 10.5 Å². The van der Waals surface area contributed by atoms with Gasteiger partial charge in [0.05, 0.1) is 22.9 Å². The zero-order valence-electron chi connectivity index (χ0n) is 9.14. The summed E-state index contributed by atoms with van der Waals surface area (Å²) in [7, 11) is 0. The molecular formula is C9H12BrN3O5. The van der Waals surface area contributed by atoms with E-state index in [1.807, 2.05) is 0 Å². The number of hydrogen-bond donors (Lipinski definition) is 3. The first-order valence-corrected chi connectivity index (χ1v) is 5.79. The van der Waals surface area contributed by atoms with E-state index in [-0.39, 0.29) is 12.4 Å². The van der Waals surface area contributed by atoms with Crippen molar-refractivity contribution in [3.8, 4) is 0 Å². The van der Waals surface area contributed by atoms with Crippen molar-refractivity contribution in [1.82, 2.24) is 9.55 Å². The van der Waals surface area contributed by atoms with Crippen LogP contribution in [0.5, 0.6) is 0 Å². The molecule has 4 atom stereocenters. The molecule has 0 spiro atoms. The number of aliphatic hydroxyl groups is 2. The van der Waals surface area contributed by atoms with E-state index in [0.717, 1.165) is 4.57 Å². The van der Waals surface area contributed by atoms with E-state index in [1.165, 1.54) is 12.3 Å². The van der Waals surface area contributed by atoms with Crippen LogP contribution in [-0.4, -0.2) is 44.7 Å². The van der Waals surface area contributed by atoms with Gasteiger partial charge in [0.2, 0.25) is 0 Å². The molecule has 100 valence electrons. The van der Waals surface area contributed by atoms with E-state index in [0.29, 0.717) is 0 Å². The van der Waals surface area contributed by atoms with Crippen LogP contribution in [0.25, 0.3) is 0 Å². The largest absolute Gasteiger partial charge is 0.387 e. The second-order valence-corrected chi connectivity index (χ2v) is 4.32. The highest BCUT2D eigenvalue weighted by Crippen LogP contribution is 2.28. The van der Waals surface area contributed by atoms with Crippen LogP contribution in [0.1, 0.15) is 6.23 Å². The van der Waals surface area contributed by atoms with Gasteiger partial charge in [-0.05, 0) is 6.07 Å². The summed E-state index contributed by atoms with van der Waals surface area (Å²) in [6.45, 7) is 0.0336. The Morgan fingerprint density at radius 1 is 1.56 bits per heavy atom. The SMILES string of the molecule is Nc1ccn([C@@H]2O[C@H](COBr)C(O)C2O)c(=O)n1. The number of hydrogen-bond acceptors (Lipinski definition) is 7. The molecule has 0 radical (unpaired) electrons. The fourth-order valence-electron chi connectivity index (χ4n) is 1.78. The summed E-state index contributed by atoms with van der Waals surface area (Å²) >= 11 is 2.74. The molecule has 1 aliphatic rings. The number of halogens is 1. The number of rotatable bonds is 3. The first-order chi connectivity index (χ1) is 8.54. The number of aromatic nitrogens is 2. The molecular weight excluding hydrogens is 310 g/mol. The quantitative estimate of drug-likeness (QED) is 0.637. The molecule has 8 nitrogen and oxygen atoms in total. The van der Waals surface area contributed by atoms with Crippen molar-refractivity contribution in [3.63, 3.8) is 0 Å². The Kier molecular flexibility index (Phi) is 3.97. The molecule has 1 fully saturated rings. The predicted molar refractivity (Wildman–Crippen MR) is 63.7 cm³/mol. The van der Waals surface area contributed by atoms with Crippen molar-refractivity contribution in [3.05, 3.63) is 22.7 Å².